The van der Waals surface area contributed by atoms with Crippen molar-refractivity contribution in [2.24, 2.45) is 0 Å². The number of hydrogen-bond acceptors (Lipinski definition) is 3. The van der Waals surface area contributed by atoms with Crippen molar-refractivity contribution in [2.45, 2.75) is 26.2 Å². The number of aromatic nitrogens is 2. The van der Waals surface area contributed by atoms with Crippen LogP contribution in [0.3, 0.4) is 0 Å². The SMILES string of the molecule is CCC(C)c1nc(-c2ccccc2)n(N)c1N. The molecule has 0 fully saturated rings. The Labute approximate surface area is 101 Å². The highest BCUT2D eigenvalue weighted by molar-refractivity contribution is 5.60. The molecule has 4 heteroatoms. The van der Waals surface area contributed by atoms with Gasteiger partial charge < -0.3 is 11.6 Å². The predicted octanol–water partition coefficient (Wildman–Crippen LogP) is 2.36. The average molecular weight is 230 g/mol. The average Bonchev–Trinajstić information content (AvgIpc) is 2.67. The molecular formula is C13H18N4. The topological polar surface area (TPSA) is 69.9 Å². The lowest BCUT2D eigenvalue weighted by Gasteiger charge is -2.05. The fourth-order valence-electron chi connectivity index (χ4n) is 1.81. The minimum atomic E-state index is 0.322. The summed E-state index contributed by atoms with van der Waals surface area (Å²) < 4.78 is 1.47. The van der Waals surface area contributed by atoms with Crippen LogP contribution in [0.15, 0.2) is 30.3 Å². The van der Waals surface area contributed by atoms with Crippen molar-refractivity contribution in [1.82, 2.24) is 9.66 Å². The van der Waals surface area contributed by atoms with E-state index in [0.717, 1.165) is 23.5 Å². The van der Waals surface area contributed by atoms with Crippen LogP contribution in [0.4, 0.5) is 5.82 Å². The second-order valence-electron chi connectivity index (χ2n) is 4.25. The summed E-state index contributed by atoms with van der Waals surface area (Å²) >= 11 is 0. The van der Waals surface area contributed by atoms with Crippen molar-refractivity contribution in [3.05, 3.63) is 36.0 Å². The molecule has 0 spiro atoms. The summed E-state index contributed by atoms with van der Waals surface area (Å²) in [5, 5.41) is 0. The van der Waals surface area contributed by atoms with Crippen LogP contribution in [0.25, 0.3) is 11.4 Å². The zero-order valence-corrected chi connectivity index (χ0v) is 10.2. The molecule has 0 aliphatic rings. The molecule has 0 aliphatic carbocycles. The first-order valence-corrected chi connectivity index (χ1v) is 5.83. The van der Waals surface area contributed by atoms with Crippen LogP contribution in [-0.2, 0) is 0 Å². The first-order valence-electron chi connectivity index (χ1n) is 5.83. The van der Waals surface area contributed by atoms with Gasteiger partial charge in [-0.25, -0.2) is 9.66 Å². The summed E-state index contributed by atoms with van der Waals surface area (Å²) in [4.78, 5) is 4.56. The second kappa shape index (κ2) is 4.49. The maximum Gasteiger partial charge on any atom is 0.160 e. The van der Waals surface area contributed by atoms with Crippen LogP contribution in [0.2, 0.25) is 0 Å². The number of nitrogens with two attached hydrogens (primary N) is 2. The number of nitrogens with zero attached hydrogens (tertiary/aromatic N) is 2. The van der Waals surface area contributed by atoms with E-state index in [0.29, 0.717) is 11.7 Å². The lowest BCUT2D eigenvalue weighted by atomic mass is 10.1. The Balaban J connectivity index is 2.50. The number of rotatable bonds is 3. The molecule has 4 N–H and O–H groups in total. The Morgan fingerprint density at radius 3 is 2.53 bits per heavy atom. The Hall–Kier alpha value is -1.97. The van der Waals surface area contributed by atoms with E-state index in [1.165, 1.54) is 4.68 Å². The Morgan fingerprint density at radius 2 is 1.94 bits per heavy atom. The monoisotopic (exact) mass is 230 g/mol. The zero-order chi connectivity index (χ0) is 12.4. The molecule has 2 aromatic rings. The highest BCUT2D eigenvalue weighted by Gasteiger charge is 2.17. The van der Waals surface area contributed by atoms with Gasteiger partial charge in [-0.3, -0.25) is 0 Å². The van der Waals surface area contributed by atoms with Gasteiger partial charge in [0.15, 0.2) is 5.82 Å². The van der Waals surface area contributed by atoms with Crippen molar-refractivity contribution in [2.75, 3.05) is 11.6 Å². The molecule has 1 aromatic carbocycles. The highest BCUT2D eigenvalue weighted by Crippen LogP contribution is 2.28. The van der Waals surface area contributed by atoms with Gasteiger partial charge in [-0.1, -0.05) is 44.2 Å². The molecule has 2 rings (SSSR count). The number of hydrogen-bond donors (Lipinski definition) is 2. The molecule has 17 heavy (non-hydrogen) atoms. The third-order valence-corrected chi connectivity index (χ3v) is 3.09. The number of imidazole rings is 1. The van der Waals surface area contributed by atoms with E-state index in [1.807, 2.05) is 30.3 Å². The van der Waals surface area contributed by atoms with E-state index < -0.39 is 0 Å². The van der Waals surface area contributed by atoms with E-state index >= 15 is 0 Å². The normalized spacial score (nSPS) is 12.6. The second-order valence-corrected chi connectivity index (χ2v) is 4.25. The van der Waals surface area contributed by atoms with E-state index in [1.54, 1.807) is 0 Å². The van der Waals surface area contributed by atoms with Gasteiger partial charge in [-0.2, -0.15) is 0 Å². The molecule has 1 unspecified atom stereocenters. The summed E-state index contributed by atoms with van der Waals surface area (Å²) in [5.74, 6) is 7.55. The van der Waals surface area contributed by atoms with E-state index in [-0.39, 0.29) is 0 Å². The largest absolute Gasteiger partial charge is 0.382 e. The lowest BCUT2D eigenvalue weighted by Crippen LogP contribution is -2.13. The molecular weight excluding hydrogens is 212 g/mol. The number of anilines is 1. The molecule has 0 saturated heterocycles. The van der Waals surface area contributed by atoms with E-state index in [9.17, 15) is 0 Å². The summed E-state index contributed by atoms with van der Waals surface area (Å²) in [6.07, 6.45) is 0.995. The predicted molar refractivity (Wildman–Crippen MR) is 70.9 cm³/mol. The van der Waals surface area contributed by atoms with Crippen LogP contribution in [0.5, 0.6) is 0 Å². The first-order chi connectivity index (χ1) is 8.15. The van der Waals surface area contributed by atoms with Gasteiger partial charge >= 0.3 is 0 Å². The van der Waals surface area contributed by atoms with E-state index in [4.69, 9.17) is 11.6 Å². The first kappa shape index (κ1) is 11.5. The highest BCUT2D eigenvalue weighted by atomic mass is 15.4. The summed E-state index contributed by atoms with van der Waals surface area (Å²) in [6.45, 7) is 4.22. The van der Waals surface area contributed by atoms with E-state index in [2.05, 4.69) is 18.8 Å². The van der Waals surface area contributed by atoms with Gasteiger partial charge in [0.05, 0.1) is 5.69 Å². The summed E-state index contributed by atoms with van der Waals surface area (Å²) in [7, 11) is 0. The molecule has 0 radical (unpaired) electrons. The molecule has 0 amide bonds. The molecule has 1 heterocycles. The van der Waals surface area contributed by atoms with Crippen molar-refractivity contribution in [3.8, 4) is 11.4 Å². The van der Waals surface area contributed by atoms with Gasteiger partial charge in [-0.05, 0) is 6.42 Å². The maximum atomic E-state index is 5.99. The standard InChI is InChI=1S/C13H18N4/c1-3-9(2)11-12(14)17(15)13(16-11)10-7-5-4-6-8-10/h4-9H,3,14-15H2,1-2H3. The van der Waals surface area contributed by atoms with Crippen LogP contribution in [-0.4, -0.2) is 9.66 Å². The minimum absolute atomic E-state index is 0.322. The van der Waals surface area contributed by atoms with Crippen molar-refractivity contribution >= 4 is 5.82 Å². The summed E-state index contributed by atoms with van der Waals surface area (Å²) in [6, 6.07) is 9.84. The molecule has 1 aromatic heterocycles. The third kappa shape index (κ3) is 1.98. The number of nitrogen functional groups attached to an aromatic ring is 2. The smallest absolute Gasteiger partial charge is 0.160 e. The van der Waals surface area contributed by atoms with Crippen molar-refractivity contribution < 1.29 is 0 Å². The Kier molecular flexibility index (Phi) is 3.04. The summed E-state index contributed by atoms with van der Waals surface area (Å²) in [5.41, 5.74) is 7.86. The van der Waals surface area contributed by atoms with Crippen molar-refractivity contribution in [3.63, 3.8) is 0 Å². The molecule has 0 bridgehead atoms. The van der Waals surface area contributed by atoms with Crippen molar-refractivity contribution in [1.29, 1.82) is 0 Å². The number of benzene rings is 1. The van der Waals surface area contributed by atoms with Gasteiger partial charge in [0, 0.05) is 11.5 Å². The van der Waals surface area contributed by atoms with Crippen LogP contribution in [0, 0.1) is 0 Å². The van der Waals surface area contributed by atoms with Gasteiger partial charge in [0.1, 0.15) is 5.82 Å². The molecule has 90 valence electrons. The Bertz CT molecular complexity index is 502. The van der Waals surface area contributed by atoms with Gasteiger partial charge in [-0.15, -0.1) is 0 Å². The quantitative estimate of drug-likeness (QED) is 0.795. The Morgan fingerprint density at radius 1 is 1.29 bits per heavy atom. The molecule has 0 aliphatic heterocycles. The zero-order valence-electron chi connectivity index (χ0n) is 10.2. The molecule has 4 nitrogen and oxygen atoms in total. The van der Waals surface area contributed by atoms with Crippen LogP contribution in [0.1, 0.15) is 31.9 Å². The maximum absolute atomic E-state index is 5.99. The fourth-order valence-corrected chi connectivity index (χ4v) is 1.81. The fraction of sp³-hybridized carbons (Fsp3) is 0.308. The molecule has 1 atom stereocenters. The van der Waals surface area contributed by atoms with Crippen LogP contribution < -0.4 is 11.6 Å². The third-order valence-electron chi connectivity index (χ3n) is 3.09. The van der Waals surface area contributed by atoms with Crippen LogP contribution >= 0.6 is 0 Å². The van der Waals surface area contributed by atoms with Gasteiger partial charge in [0.2, 0.25) is 0 Å². The molecule has 0 saturated carbocycles. The van der Waals surface area contributed by atoms with Gasteiger partial charge in [0.25, 0.3) is 0 Å². The lowest BCUT2D eigenvalue weighted by molar-refractivity contribution is 0.715. The minimum Gasteiger partial charge on any atom is -0.382 e.